The molecule has 1 atom stereocenters. The van der Waals surface area contributed by atoms with Crippen LogP contribution in [0.25, 0.3) is 0 Å². The molecule has 1 fully saturated rings. The Morgan fingerprint density at radius 3 is 2.53 bits per heavy atom. The Morgan fingerprint density at radius 2 is 1.77 bits per heavy atom. The average Bonchev–Trinajstić information content (AvgIpc) is 2.92. The second-order valence-corrected chi connectivity index (χ2v) is 11.5. The maximum atomic E-state index is 13.5. The highest BCUT2D eigenvalue weighted by Crippen LogP contribution is 2.38. The average molecular weight is 445 g/mol. The number of hydrogen-bond acceptors (Lipinski definition) is 4. The van der Waals surface area contributed by atoms with E-state index >= 15 is 0 Å². The van der Waals surface area contributed by atoms with Gasteiger partial charge in [-0.2, -0.15) is 4.31 Å². The monoisotopic (exact) mass is 444 g/mol. The summed E-state index contributed by atoms with van der Waals surface area (Å²) in [5, 5.41) is 0.414. The zero-order valence-corrected chi connectivity index (χ0v) is 19.1. The number of aryl methyl sites for hydroxylation is 1. The van der Waals surface area contributed by atoms with Gasteiger partial charge in [-0.15, -0.1) is 11.8 Å². The third-order valence-corrected chi connectivity index (χ3v) is 9.13. The van der Waals surface area contributed by atoms with Crippen molar-refractivity contribution in [3.05, 3.63) is 53.6 Å². The minimum absolute atomic E-state index is 0.146. The van der Waals surface area contributed by atoms with Gasteiger partial charge < -0.3 is 4.90 Å². The van der Waals surface area contributed by atoms with E-state index < -0.39 is 10.0 Å². The maximum Gasteiger partial charge on any atom is 0.258 e. The van der Waals surface area contributed by atoms with Gasteiger partial charge in [0.1, 0.15) is 0 Å². The Kier molecular flexibility index (Phi) is 6.23. The molecule has 7 heteroatoms. The molecule has 0 saturated carbocycles. The summed E-state index contributed by atoms with van der Waals surface area (Å²) in [7, 11) is -3.60. The molecule has 4 rings (SSSR count). The topological polar surface area (TPSA) is 57.7 Å². The van der Waals surface area contributed by atoms with Crippen molar-refractivity contribution >= 4 is 33.4 Å². The van der Waals surface area contributed by atoms with E-state index in [4.69, 9.17) is 0 Å². The normalized spacial score (nSPS) is 20.5. The van der Waals surface area contributed by atoms with Crippen LogP contribution in [-0.2, 0) is 10.0 Å². The van der Waals surface area contributed by atoms with Gasteiger partial charge in [-0.3, -0.25) is 4.79 Å². The first kappa shape index (κ1) is 21.4. The SMILES string of the molecule is Cc1ccc(C(=O)N2CC[C@@H](C)Sc3ccccc32)cc1S(=O)(=O)N1CCCCC1. The maximum absolute atomic E-state index is 13.5. The van der Waals surface area contributed by atoms with Crippen LogP contribution < -0.4 is 4.90 Å². The number of nitrogens with zero attached hydrogens (tertiary/aromatic N) is 2. The summed E-state index contributed by atoms with van der Waals surface area (Å²) in [6.07, 6.45) is 3.72. The van der Waals surface area contributed by atoms with Gasteiger partial charge in [-0.05, 0) is 56.0 Å². The van der Waals surface area contributed by atoms with Crippen molar-refractivity contribution in [2.45, 2.75) is 54.6 Å². The molecule has 0 N–H and O–H groups in total. The van der Waals surface area contributed by atoms with Crippen LogP contribution in [0.4, 0.5) is 5.69 Å². The number of amides is 1. The minimum atomic E-state index is -3.60. The van der Waals surface area contributed by atoms with Crippen LogP contribution in [-0.4, -0.2) is 43.5 Å². The Bertz CT molecular complexity index is 1050. The highest BCUT2D eigenvalue weighted by atomic mass is 32.2. The van der Waals surface area contributed by atoms with Crippen LogP contribution in [0.3, 0.4) is 0 Å². The van der Waals surface area contributed by atoms with Gasteiger partial charge >= 0.3 is 0 Å². The van der Waals surface area contributed by atoms with Crippen LogP contribution in [0, 0.1) is 6.92 Å². The molecule has 0 radical (unpaired) electrons. The van der Waals surface area contributed by atoms with E-state index in [1.165, 1.54) is 0 Å². The quantitative estimate of drug-likeness (QED) is 0.689. The van der Waals surface area contributed by atoms with E-state index in [1.807, 2.05) is 24.3 Å². The summed E-state index contributed by atoms with van der Waals surface area (Å²) in [5.41, 5.74) is 2.00. The van der Waals surface area contributed by atoms with Crippen molar-refractivity contribution in [2.24, 2.45) is 0 Å². The molecule has 30 heavy (non-hydrogen) atoms. The van der Waals surface area contributed by atoms with Crippen molar-refractivity contribution in [1.82, 2.24) is 4.31 Å². The van der Waals surface area contributed by atoms with E-state index in [0.717, 1.165) is 36.3 Å². The Hall–Kier alpha value is -1.83. The first-order chi connectivity index (χ1) is 14.4. The number of hydrogen-bond donors (Lipinski definition) is 0. The Morgan fingerprint density at radius 1 is 1.03 bits per heavy atom. The van der Waals surface area contributed by atoms with Crippen LogP contribution in [0.2, 0.25) is 0 Å². The lowest BCUT2D eigenvalue weighted by Crippen LogP contribution is -2.36. The number of para-hydroxylation sites is 1. The number of benzene rings is 2. The number of rotatable bonds is 3. The molecule has 2 heterocycles. The fourth-order valence-electron chi connectivity index (χ4n) is 4.11. The Labute approximate surface area is 183 Å². The summed E-state index contributed by atoms with van der Waals surface area (Å²) in [5.74, 6) is -0.146. The lowest BCUT2D eigenvalue weighted by molar-refractivity contribution is 0.0986. The molecule has 0 aliphatic carbocycles. The van der Waals surface area contributed by atoms with Gasteiger partial charge in [0.2, 0.25) is 10.0 Å². The van der Waals surface area contributed by atoms with Crippen molar-refractivity contribution in [1.29, 1.82) is 0 Å². The van der Waals surface area contributed by atoms with Crippen LogP contribution in [0.5, 0.6) is 0 Å². The van der Waals surface area contributed by atoms with Gasteiger partial charge in [0.25, 0.3) is 5.91 Å². The molecule has 2 aliphatic heterocycles. The fraction of sp³-hybridized carbons (Fsp3) is 0.435. The van der Waals surface area contributed by atoms with E-state index in [1.54, 1.807) is 46.1 Å². The molecular weight excluding hydrogens is 416 g/mol. The molecule has 2 aromatic rings. The number of carbonyl (C=O) groups is 1. The highest BCUT2D eigenvalue weighted by Gasteiger charge is 2.30. The summed E-state index contributed by atoms with van der Waals surface area (Å²) in [4.78, 5) is 16.6. The molecule has 2 aliphatic rings. The number of carbonyl (C=O) groups excluding carboxylic acids is 1. The fourth-order valence-corrected chi connectivity index (χ4v) is 6.99. The second kappa shape index (κ2) is 8.73. The number of fused-ring (bicyclic) bond motifs is 1. The molecule has 0 unspecified atom stereocenters. The third kappa shape index (κ3) is 4.15. The molecular formula is C23H28N2O3S2. The smallest absolute Gasteiger partial charge is 0.258 e. The predicted molar refractivity (Wildman–Crippen MR) is 122 cm³/mol. The highest BCUT2D eigenvalue weighted by molar-refractivity contribution is 8.00. The molecule has 0 spiro atoms. The minimum Gasteiger partial charge on any atom is -0.307 e. The Balaban J connectivity index is 1.70. The zero-order chi connectivity index (χ0) is 21.3. The lowest BCUT2D eigenvalue weighted by Gasteiger charge is -2.27. The number of thioether (sulfide) groups is 1. The van der Waals surface area contributed by atoms with Crippen molar-refractivity contribution < 1.29 is 13.2 Å². The molecule has 160 valence electrons. The molecule has 2 aromatic carbocycles. The van der Waals surface area contributed by atoms with Crippen LogP contribution >= 0.6 is 11.8 Å². The molecule has 0 bridgehead atoms. The van der Waals surface area contributed by atoms with E-state index in [-0.39, 0.29) is 10.8 Å². The molecule has 1 saturated heterocycles. The third-order valence-electron chi connectivity index (χ3n) is 5.86. The summed E-state index contributed by atoms with van der Waals surface area (Å²) < 4.78 is 28.1. The van der Waals surface area contributed by atoms with Crippen molar-refractivity contribution in [3.63, 3.8) is 0 Å². The van der Waals surface area contributed by atoms with Crippen molar-refractivity contribution in [2.75, 3.05) is 24.5 Å². The summed E-state index contributed by atoms with van der Waals surface area (Å²) in [6, 6.07) is 13.0. The van der Waals surface area contributed by atoms with E-state index in [0.29, 0.717) is 36.0 Å². The number of piperidine rings is 1. The van der Waals surface area contributed by atoms with Crippen molar-refractivity contribution in [3.8, 4) is 0 Å². The molecule has 5 nitrogen and oxygen atoms in total. The second-order valence-electron chi connectivity index (χ2n) is 8.09. The first-order valence-corrected chi connectivity index (χ1v) is 12.9. The van der Waals surface area contributed by atoms with Gasteiger partial charge in [0.05, 0.1) is 10.6 Å². The standard InChI is InChI=1S/C23H28N2O3S2/c1-17-10-11-19(16-22(17)30(27,28)24-13-6-3-7-14-24)23(26)25-15-12-18(2)29-21-9-5-4-8-20(21)25/h4-5,8-11,16,18H,3,6-7,12-15H2,1-2H3/t18-/m1/s1. The molecule has 1 amide bonds. The zero-order valence-electron chi connectivity index (χ0n) is 17.5. The summed E-state index contributed by atoms with van der Waals surface area (Å²) in [6.45, 7) is 5.68. The van der Waals surface area contributed by atoms with Gasteiger partial charge in [0.15, 0.2) is 0 Å². The van der Waals surface area contributed by atoms with Crippen LogP contribution in [0.15, 0.2) is 52.3 Å². The first-order valence-electron chi connectivity index (χ1n) is 10.6. The predicted octanol–water partition coefficient (Wildman–Crippen LogP) is 4.70. The van der Waals surface area contributed by atoms with E-state index in [2.05, 4.69) is 6.92 Å². The van der Waals surface area contributed by atoms with Gasteiger partial charge in [-0.1, -0.05) is 31.5 Å². The molecule has 0 aromatic heterocycles. The van der Waals surface area contributed by atoms with Crippen LogP contribution in [0.1, 0.15) is 48.5 Å². The van der Waals surface area contributed by atoms with Gasteiger partial charge in [0, 0.05) is 35.3 Å². The number of anilines is 1. The number of sulfonamides is 1. The lowest BCUT2D eigenvalue weighted by atomic mass is 10.1. The largest absolute Gasteiger partial charge is 0.307 e. The van der Waals surface area contributed by atoms with Gasteiger partial charge in [-0.25, -0.2) is 8.42 Å². The summed E-state index contributed by atoms with van der Waals surface area (Å²) >= 11 is 1.78. The van der Waals surface area contributed by atoms with E-state index in [9.17, 15) is 13.2 Å².